The third-order valence-corrected chi connectivity index (χ3v) is 6.44. The molecular formula is C22H32FN3O2. The molecule has 3 rings (SSSR count). The Morgan fingerprint density at radius 1 is 1.04 bits per heavy atom. The third kappa shape index (κ3) is 5.24. The van der Waals surface area contributed by atoms with E-state index in [1.165, 1.54) is 18.6 Å². The summed E-state index contributed by atoms with van der Waals surface area (Å²) in [5.41, 5.74) is 0.976. The summed E-state index contributed by atoms with van der Waals surface area (Å²) in [5.74, 6) is 0.919. The van der Waals surface area contributed by atoms with Gasteiger partial charge in [-0.2, -0.15) is 0 Å². The summed E-state index contributed by atoms with van der Waals surface area (Å²) in [6.07, 6.45) is 3.95. The lowest BCUT2D eigenvalue weighted by Crippen LogP contribution is -2.49. The number of hydrogen-bond acceptors (Lipinski definition) is 3. The van der Waals surface area contributed by atoms with Crippen molar-refractivity contribution in [2.24, 2.45) is 11.8 Å². The molecule has 1 aromatic rings. The van der Waals surface area contributed by atoms with E-state index in [1.54, 1.807) is 12.1 Å². The van der Waals surface area contributed by atoms with Crippen molar-refractivity contribution in [3.63, 3.8) is 0 Å². The molecule has 2 amide bonds. The molecule has 1 aromatic carbocycles. The van der Waals surface area contributed by atoms with Gasteiger partial charge in [0, 0.05) is 50.7 Å². The van der Waals surface area contributed by atoms with E-state index in [1.807, 2.05) is 4.90 Å². The van der Waals surface area contributed by atoms with E-state index in [-0.39, 0.29) is 36.5 Å². The van der Waals surface area contributed by atoms with Gasteiger partial charge in [0.15, 0.2) is 0 Å². The van der Waals surface area contributed by atoms with Crippen LogP contribution < -0.4 is 10.2 Å². The van der Waals surface area contributed by atoms with Crippen molar-refractivity contribution in [3.8, 4) is 0 Å². The second-order valence-electron chi connectivity index (χ2n) is 8.29. The van der Waals surface area contributed by atoms with E-state index in [0.717, 1.165) is 31.6 Å². The van der Waals surface area contributed by atoms with Crippen LogP contribution in [0.3, 0.4) is 0 Å². The van der Waals surface area contributed by atoms with Gasteiger partial charge >= 0.3 is 0 Å². The van der Waals surface area contributed by atoms with E-state index < -0.39 is 0 Å². The summed E-state index contributed by atoms with van der Waals surface area (Å²) in [6.45, 7) is 7.17. The number of halogens is 1. The Morgan fingerprint density at radius 2 is 1.71 bits per heavy atom. The lowest BCUT2D eigenvalue weighted by atomic mass is 9.78. The van der Waals surface area contributed by atoms with Crippen LogP contribution in [-0.4, -0.2) is 48.9 Å². The summed E-state index contributed by atoms with van der Waals surface area (Å²) in [5, 5.41) is 3.14. The second-order valence-corrected chi connectivity index (χ2v) is 8.29. The van der Waals surface area contributed by atoms with Crippen LogP contribution in [0.2, 0.25) is 0 Å². The molecule has 0 unspecified atom stereocenters. The van der Waals surface area contributed by atoms with E-state index >= 15 is 0 Å². The number of piperazine rings is 1. The van der Waals surface area contributed by atoms with Crippen molar-refractivity contribution in [3.05, 3.63) is 30.1 Å². The quantitative estimate of drug-likeness (QED) is 0.841. The fourth-order valence-corrected chi connectivity index (χ4v) is 4.31. The van der Waals surface area contributed by atoms with Crippen LogP contribution >= 0.6 is 0 Å². The molecule has 0 spiro atoms. The number of rotatable bonds is 5. The van der Waals surface area contributed by atoms with Crippen LogP contribution in [0.4, 0.5) is 10.1 Å². The number of hydrogen-bond donors (Lipinski definition) is 1. The topological polar surface area (TPSA) is 52.7 Å². The molecule has 1 aliphatic heterocycles. The average molecular weight is 390 g/mol. The summed E-state index contributed by atoms with van der Waals surface area (Å²) in [6, 6.07) is 6.69. The van der Waals surface area contributed by atoms with Crippen LogP contribution in [0, 0.1) is 17.7 Å². The highest BCUT2D eigenvalue weighted by atomic mass is 19.1. The number of nitrogens with one attached hydrogen (secondary N) is 1. The highest BCUT2D eigenvalue weighted by Crippen LogP contribution is 2.29. The SMILES string of the molecule is C[C@@H]1[C@@H](C)CCC[C@H]1NC(=O)CCC(=O)N1CCN(c2ccc(F)cc2)CC1. The maximum atomic E-state index is 13.1. The summed E-state index contributed by atoms with van der Waals surface area (Å²) in [7, 11) is 0. The Labute approximate surface area is 167 Å². The maximum Gasteiger partial charge on any atom is 0.223 e. The molecule has 1 aliphatic carbocycles. The molecule has 0 aromatic heterocycles. The first-order chi connectivity index (χ1) is 13.4. The lowest BCUT2D eigenvalue weighted by Gasteiger charge is -2.36. The van der Waals surface area contributed by atoms with Crippen molar-refractivity contribution in [2.75, 3.05) is 31.1 Å². The standard InChI is InChI=1S/C22H32FN3O2/c1-16-4-3-5-20(17(16)2)24-21(27)10-11-22(28)26-14-12-25(13-15-26)19-8-6-18(23)7-9-19/h6-9,16-17,20H,3-5,10-15H2,1-2H3,(H,24,27)/t16-,17+,20+/m0/s1. The Bertz CT molecular complexity index is 671. The molecule has 0 bridgehead atoms. The van der Waals surface area contributed by atoms with Crippen LogP contribution in [0.1, 0.15) is 46.0 Å². The van der Waals surface area contributed by atoms with Crippen LogP contribution in [0.5, 0.6) is 0 Å². The molecule has 1 heterocycles. The van der Waals surface area contributed by atoms with Gasteiger partial charge in [0.05, 0.1) is 0 Å². The maximum absolute atomic E-state index is 13.1. The molecular weight excluding hydrogens is 357 g/mol. The zero-order valence-corrected chi connectivity index (χ0v) is 17.0. The third-order valence-electron chi connectivity index (χ3n) is 6.44. The summed E-state index contributed by atoms with van der Waals surface area (Å²) >= 11 is 0. The Hall–Kier alpha value is -2.11. The molecule has 2 aliphatic rings. The van der Waals surface area contributed by atoms with Gasteiger partial charge in [-0.15, -0.1) is 0 Å². The molecule has 1 saturated carbocycles. The van der Waals surface area contributed by atoms with Gasteiger partial charge < -0.3 is 15.1 Å². The van der Waals surface area contributed by atoms with Crippen molar-refractivity contribution < 1.29 is 14.0 Å². The fraction of sp³-hybridized carbons (Fsp3) is 0.636. The van der Waals surface area contributed by atoms with Gasteiger partial charge in [-0.25, -0.2) is 4.39 Å². The van der Waals surface area contributed by atoms with Crippen LogP contribution in [-0.2, 0) is 9.59 Å². The molecule has 0 radical (unpaired) electrons. The summed E-state index contributed by atoms with van der Waals surface area (Å²) in [4.78, 5) is 28.8. The average Bonchev–Trinajstić information content (AvgIpc) is 2.70. The van der Waals surface area contributed by atoms with Gasteiger partial charge in [-0.1, -0.05) is 26.7 Å². The number of anilines is 1. The van der Waals surface area contributed by atoms with Crippen molar-refractivity contribution in [1.29, 1.82) is 0 Å². The van der Waals surface area contributed by atoms with E-state index in [4.69, 9.17) is 0 Å². The summed E-state index contributed by atoms with van der Waals surface area (Å²) < 4.78 is 13.1. The number of amides is 2. The Morgan fingerprint density at radius 3 is 2.39 bits per heavy atom. The molecule has 1 saturated heterocycles. The van der Waals surface area contributed by atoms with E-state index in [9.17, 15) is 14.0 Å². The predicted molar refractivity (Wildman–Crippen MR) is 109 cm³/mol. The van der Waals surface area contributed by atoms with Crippen molar-refractivity contribution >= 4 is 17.5 Å². The van der Waals surface area contributed by atoms with Crippen LogP contribution in [0.15, 0.2) is 24.3 Å². The minimum atomic E-state index is -0.243. The van der Waals surface area contributed by atoms with Gasteiger partial charge in [0.2, 0.25) is 11.8 Å². The largest absolute Gasteiger partial charge is 0.368 e. The minimum Gasteiger partial charge on any atom is -0.368 e. The Balaban J connectivity index is 1.39. The fourth-order valence-electron chi connectivity index (χ4n) is 4.31. The zero-order valence-electron chi connectivity index (χ0n) is 17.0. The first-order valence-corrected chi connectivity index (χ1v) is 10.5. The number of carbonyl (C=O) groups is 2. The van der Waals surface area contributed by atoms with E-state index in [2.05, 4.69) is 24.1 Å². The highest BCUT2D eigenvalue weighted by Gasteiger charge is 2.28. The normalized spacial score (nSPS) is 25.5. The molecule has 6 heteroatoms. The molecule has 5 nitrogen and oxygen atoms in total. The lowest BCUT2D eigenvalue weighted by molar-refractivity contribution is -0.134. The highest BCUT2D eigenvalue weighted by molar-refractivity contribution is 5.84. The van der Waals surface area contributed by atoms with Crippen molar-refractivity contribution in [1.82, 2.24) is 10.2 Å². The molecule has 154 valence electrons. The minimum absolute atomic E-state index is 0.00996. The monoisotopic (exact) mass is 389 g/mol. The Kier molecular flexibility index (Phi) is 6.92. The molecule has 28 heavy (non-hydrogen) atoms. The van der Waals surface area contributed by atoms with Crippen LogP contribution in [0.25, 0.3) is 0 Å². The molecule has 1 N–H and O–H groups in total. The first-order valence-electron chi connectivity index (χ1n) is 10.5. The molecule has 3 atom stereocenters. The van der Waals surface area contributed by atoms with Gasteiger partial charge in [-0.05, 0) is 42.5 Å². The van der Waals surface area contributed by atoms with Gasteiger partial charge in [0.25, 0.3) is 0 Å². The number of benzene rings is 1. The van der Waals surface area contributed by atoms with Crippen molar-refractivity contribution in [2.45, 2.75) is 52.0 Å². The second kappa shape index (κ2) is 9.39. The zero-order chi connectivity index (χ0) is 20.1. The molecule has 2 fully saturated rings. The number of carbonyl (C=O) groups excluding carboxylic acids is 2. The smallest absolute Gasteiger partial charge is 0.223 e. The van der Waals surface area contributed by atoms with Gasteiger partial charge in [-0.3, -0.25) is 9.59 Å². The first kappa shape index (κ1) is 20.6. The number of nitrogens with zero attached hydrogens (tertiary/aromatic N) is 2. The predicted octanol–water partition coefficient (Wildman–Crippen LogP) is 3.20. The van der Waals surface area contributed by atoms with E-state index in [0.29, 0.717) is 24.9 Å². The van der Waals surface area contributed by atoms with Gasteiger partial charge in [0.1, 0.15) is 5.82 Å².